The second-order valence-corrected chi connectivity index (χ2v) is 6.90. The van der Waals surface area contributed by atoms with Crippen molar-refractivity contribution in [1.82, 2.24) is 16.0 Å². The van der Waals surface area contributed by atoms with Crippen LogP contribution in [0, 0.1) is 5.92 Å². The van der Waals surface area contributed by atoms with E-state index in [1.165, 1.54) is 12.8 Å². The van der Waals surface area contributed by atoms with Gasteiger partial charge in [0.25, 0.3) is 5.91 Å². The number of ether oxygens (including phenoxy) is 1. The Morgan fingerprint density at radius 1 is 1.24 bits per heavy atom. The summed E-state index contributed by atoms with van der Waals surface area (Å²) in [5.74, 6) is 0.609. The Kier molecular flexibility index (Phi) is 5.91. The maximum atomic E-state index is 12.1. The predicted octanol–water partition coefficient (Wildman–Crippen LogP) is 1.85. The number of carbonyl (C=O) groups excluding carboxylic acids is 2. The topological polar surface area (TPSA) is 79.5 Å². The minimum atomic E-state index is -0.121. The number of hydrogen-bond donors (Lipinski definition) is 3. The van der Waals surface area contributed by atoms with E-state index in [9.17, 15) is 9.59 Å². The lowest BCUT2D eigenvalue weighted by atomic mass is 10.0. The highest BCUT2D eigenvalue weighted by Gasteiger charge is 2.36. The molecule has 3 N–H and O–H groups in total. The normalized spacial score (nSPS) is 22.9. The molecule has 3 rings (SSSR count). The molecule has 1 aliphatic heterocycles. The minimum absolute atomic E-state index is 0.0997. The van der Waals surface area contributed by atoms with Crippen molar-refractivity contribution in [3.05, 3.63) is 35.4 Å². The van der Waals surface area contributed by atoms with Crippen molar-refractivity contribution in [1.29, 1.82) is 0 Å². The summed E-state index contributed by atoms with van der Waals surface area (Å²) in [5.41, 5.74) is 1.67. The third-order valence-electron chi connectivity index (χ3n) is 4.91. The van der Waals surface area contributed by atoms with Gasteiger partial charge in [0.2, 0.25) is 0 Å². The molecule has 136 valence electrons. The van der Waals surface area contributed by atoms with Gasteiger partial charge in [0, 0.05) is 31.8 Å². The Morgan fingerprint density at radius 2 is 2.08 bits per heavy atom. The fourth-order valence-electron chi connectivity index (χ4n) is 3.32. The van der Waals surface area contributed by atoms with E-state index in [2.05, 4.69) is 16.0 Å². The summed E-state index contributed by atoms with van der Waals surface area (Å²) in [6.07, 6.45) is 5.34. The van der Waals surface area contributed by atoms with Gasteiger partial charge < -0.3 is 20.7 Å². The number of nitrogens with one attached hydrogen (secondary N) is 3. The van der Waals surface area contributed by atoms with Crippen LogP contribution in [0.5, 0.6) is 0 Å². The van der Waals surface area contributed by atoms with Crippen LogP contribution in [0.3, 0.4) is 0 Å². The number of carbonyl (C=O) groups is 2. The average molecular weight is 345 g/mol. The third kappa shape index (κ3) is 5.19. The molecule has 0 bridgehead atoms. The van der Waals surface area contributed by atoms with Crippen LogP contribution in [-0.2, 0) is 11.2 Å². The Bertz CT molecular complexity index is 616. The number of amides is 3. The van der Waals surface area contributed by atoms with Gasteiger partial charge in [-0.25, -0.2) is 4.79 Å². The monoisotopic (exact) mass is 345 g/mol. The van der Waals surface area contributed by atoms with Gasteiger partial charge in [-0.2, -0.15) is 0 Å². The standard InChI is InChI=1S/C19H27N3O3/c1-20-18(23)15-4-2-3-13(11-15)7-9-21-19(24)22-16-8-10-25-17(12-16)14-5-6-14/h2-4,11,14,16-17H,5-10,12H2,1H3,(H,20,23)(H2,21,22,24)/t16-,17+/m0/s1. The number of benzene rings is 1. The maximum Gasteiger partial charge on any atom is 0.315 e. The third-order valence-corrected chi connectivity index (χ3v) is 4.91. The Hall–Kier alpha value is -2.08. The van der Waals surface area contributed by atoms with Crippen molar-refractivity contribution in [3.8, 4) is 0 Å². The summed E-state index contributed by atoms with van der Waals surface area (Å²) in [5, 5.41) is 8.59. The van der Waals surface area contributed by atoms with E-state index >= 15 is 0 Å². The Balaban J connectivity index is 1.39. The molecule has 0 spiro atoms. The fraction of sp³-hybridized carbons (Fsp3) is 0.579. The van der Waals surface area contributed by atoms with Crippen LogP contribution >= 0.6 is 0 Å². The molecule has 25 heavy (non-hydrogen) atoms. The molecule has 1 heterocycles. The van der Waals surface area contributed by atoms with Crippen molar-refractivity contribution in [2.24, 2.45) is 5.92 Å². The van der Waals surface area contributed by atoms with Gasteiger partial charge in [-0.1, -0.05) is 12.1 Å². The summed E-state index contributed by atoms with van der Waals surface area (Å²) in [6.45, 7) is 1.27. The van der Waals surface area contributed by atoms with Gasteiger partial charge in [0.05, 0.1) is 6.10 Å². The number of rotatable bonds is 6. The maximum absolute atomic E-state index is 12.1. The smallest absolute Gasteiger partial charge is 0.315 e. The van der Waals surface area contributed by atoms with Crippen molar-refractivity contribution in [2.75, 3.05) is 20.2 Å². The molecule has 2 atom stereocenters. The zero-order chi connectivity index (χ0) is 17.6. The molecule has 1 saturated heterocycles. The van der Waals surface area contributed by atoms with E-state index < -0.39 is 0 Å². The van der Waals surface area contributed by atoms with Crippen LogP contribution < -0.4 is 16.0 Å². The van der Waals surface area contributed by atoms with Crippen LogP contribution in [0.1, 0.15) is 41.6 Å². The highest BCUT2D eigenvalue weighted by atomic mass is 16.5. The summed E-state index contributed by atoms with van der Waals surface area (Å²) in [4.78, 5) is 23.7. The van der Waals surface area contributed by atoms with E-state index in [0.717, 1.165) is 25.0 Å². The van der Waals surface area contributed by atoms with E-state index in [-0.39, 0.29) is 18.0 Å². The molecule has 1 aliphatic carbocycles. The van der Waals surface area contributed by atoms with Crippen molar-refractivity contribution >= 4 is 11.9 Å². The van der Waals surface area contributed by atoms with Crippen LogP contribution in [0.2, 0.25) is 0 Å². The molecule has 6 nitrogen and oxygen atoms in total. The minimum Gasteiger partial charge on any atom is -0.378 e. The van der Waals surface area contributed by atoms with E-state index in [1.54, 1.807) is 13.1 Å². The summed E-state index contributed by atoms with van der Waals surface area (Å²) >= 11 is 0. The van der Waals surface area contributed by atoms with Crippen LogP contribution in [0.25, 0.3) is 0 Å². The van der Waals surface area contributed by atoms with Gasteiger partial charge in [0.15, 0.2) is 0 Å². The Labute approximate surface area is 148 Å². The van der Waals surface area contributed by atoms with Crippen molar-refractivity contribution in [2.45, 2.75) is 44.2 Å². The first-order valence-electron chi connectivity index (χ1n) is 9.12. The number of hydrogen-bond acceptors (Lipinski definition) is 3. The van der Waals surface area contributed by atoms with Crippen LogP contribution in [0.4, 0.5) is 4.79 Å². The molecule has 3 amide bonds. The second-order valence-electron chi connectivity index (χ2n) is 6.90. The summed E-state index contributed by atoms with van der Waals surface area (Å²) in [7, 11) is 1.62. The summed E-state index contributed by atoms with van der Waals surface area (Å²) in [6, 6.07) is 7.55. The van der Waals surface area contributed by atoms with Crippen LogP contribution in [-0.4, -0.2) is 44.3 Å². The second kappa shape index (κ2) is 8.34. The lowest BCUT2D eigenvalue weighted by Gasteiger charge is -2.30. The van der Waals surface area contributed by atoms with Gasteiger partial charge >= 0.3 is 6.03 Å². The summed E-state index contributed by atoms with van der Waals surface area (Å²) < 4.78 is 5.79. The van der Waals surface area contributed by atoms with Gasteiger partial charge in [-0.15, -0.1) is 0 Å². The zero-order valence-corrected chi connectivity index (χ0v) is 14.7. The molecule has 6 heteroatoms. The predicted molar refractivity (Wildman–Crippen MR) is 95.6 cm³/mol. The molecular formula is C19H27N3O3. The SMILES string of the molecule is CNC(=O)c1cccc(CCNC(=O)N[C@H]2CCO[C@@H](C3CC3)C2)c1. The fourth-order valence-corrected chi connectivity index (χ4v) is 3.32. The highest BCUT2D eigenvalue weighted by molar-refractivity contribution is 5.94. The number of urea groups is 1. The van der Waals surface area contributed by atoms with Crippen molar-refractivity contribution in [3.63, 3.8) is 0 Å². The average Bonchev–Trinajstić information content (AvgIpc) is 3.47. The first-order chi connectivity index (χ1) is 12.2. The van der Waals surface area contributed by atoms with E-state index in [0.29, 0.717) is 30.6 Å². The van der Waals surface area contributed by atoms with E-state index in [1.807, 2.05) is 18.2 Å². The highest BCUT2D eigenvalue weighted by Crippen LogP contribution is 2.38. The Morgan fingerprint density at radius 3 is 2.84 bits per heavy atom. The first kappa shape index (κ1) is 17.7. The van der Waals surface area contributed by atoms with Gasteiger partial charge in [-0.3, -0.25) is 4.79 Å². The largest absolute Gasteiger partial charge is 0.378 e. The molecule has 0 radical (unpaired) electrons. The van der Waals surface area contributed by atoms with Crippen molar-refractivity contribution < 1.29 is 14.3 Å². The molecular weight excluding hydrogens is 318 g/mol. The van der Waals surface area contributed by atoms with Crippen LogP contribution in [0.15, 0.2) is 24.3 Å². The molecule has 1 aromatic carbocycles. The molecule has 2 fully saturated rings. The molecule has 1 aromatic rings. The lowest BCUT2D eigenvalue weighted by molar-refractivity contribution is -0.00913. The molecule has 0 unspecified atom stereocenters. The molecule has 1 saturated carbocycles. The van der Waals surface area contributed by atoms with Gasteiger partial charge in [0.1, 0.15) is 0 Å². The van der Waals surface area contributed by atoms with Gasteiger partial charge in [-0.05, 0) is 55.7 Å². The molecule has 2 aliphatic rings. The first-order valence-corrected chi connectivity index (χ1v) is 9.12. The van der Waals surface area contributed by atoms with E-state index in [4.69, 9.17) is 4.74 Å². The zero-order valence-electron chi connectivity index (χ0n) is 14.7. The lowest BCUT2D eigenvalue weighted by Crippen LogP contribution is -2.47. The quantitative estimate of drug-likeness (QED) is 0.736. The molecule has 0 aromatic heterocycles.